The number of halogens is 5. The molecule has 0 aliphatic carbocycles. The first kappa shape index (κ1) is 24.2. The van der Waals surface area contributed by atoms with Crippen molar-refractivity contribution in [3.05, 3.63) is 76.8 Å². The Kier molecular flexibility index (Phi) is 7.36. The van der Waals surface area contributed by atoms with Gasteiger partial charge in [0, 0.05) is 24.0 Å². The van der Waals surface area contributed by atoms with E-state index in [1.165, 1.54) is 36.5 Å². The Morgan fingerprint density at radius 1 is 1.09 bits per heavy atom. The number of anilines is 2. The molecule has 174 valence electrons. The second kappa shape index (κ2) is 10.0. The molecular formula is C21H17ClF4N4O3. The van der Waals surface area contributed by atoms with E-state index in [2.05, 4.69) is 20.9 Å². The molecule has 1 aromatic heterocycles. The molecule has 1 heterocycles. The monoisotopic (exact) mass is 484 g/mol. The molecule has 0 radical (unpaired) electrons. The predicted octanol–water partition coefficient (Wildman–Crippen LogP) is 5.54. The molecule has 3 rings (SSSR count). The fourth-order valence-electron chi connectivity index (χ4n) is 2.69. The van der Waals surface area contributed by atoms with Crippen LogP contribution in [0.1, 0.15) is 17.5 Å². The highest BCUT2D eigenvalue weighted by Gasteiger charge is 2.33. The van der Waals surface area contributed by atoms with E-state index in [4.69, 9.17) is 16.3 Å². The van der Waals surface area contributed by atoms with Crippen molar-refractivity contribution < 1.29 is 32.2 Å². The van der Waals surface area contributed by atoms with Crippen molar-refractivity contribution in [1.29, 1.82) is 0 Å². The average Bonchev–Trinajstić information content (AvgIpc) is 2.76. The fraction of sp³-hybridized carbons (Fsp3) is 0.143. The number of aliphatic hydroxyl groups excluding tert-OH is 1. The third kappa shape index (κ3) is 6.31. The smallest absolute Gasteiger partial charge is 0.417 e. The molecule has 0 aliphatic heterocycles. The van der Waals surface area contributed by atoms with Crippen molar-refractivity contribution in [1.82, 2.24) is 10.3 Å². The largest absolute Gasteiger partial charge is 0.457 e. The Labute approximate surface area is 190 Å². The Hall–Kier alpha value is -3.41. The van der Waals surface area contributed by atoms with E-state index in [1.807, 2.05) is 0 Å². The fourth-order valence-corrected chi connectivity index (χ4v) is 2.92. The lowest BCUT2D eigenvalue weighted by molar-refractivity contribution is -0.137. The van der Waals surface area contributed by atoms with Gasteiger partial charge in [-0.2, -0.15) is 13.2 Å². The number of hydrogen-bond acceptors (Lipinski definition) is 5. The number of nitrogens with one attached hydrogen (secondary N) is 3. The summed E-state index contributed by atoms with van der Waals surface area (Å²) in [4.78, 5) is 16.1. The Morgan fingerprint density at radius 3 is 2.48 bits per heavy atom. The summed E-state index contributed by atoms with van der Waals surface area (Å²) in [6, 6.07) is 8.44. The van der Waals surface area contributed by atoms with E-state index in [-0.39, 0.29) is 22.9 Å². The summed E-state index contributed by atoms with van der Waals surface area (Å²) in [5, 5.41) is 16.2. The third-order valence-electron chi connectivity index (χ3n) is 4.26. The average molecular weight is 485 g/mol. The first-order valence-corrected chi connectivity index (χ1v) is 9.68. The van der Waals surface area contributed by atoms with Crippen LogP contribution in [0.3, 0.4) is 0 Å². The Bertz CT molecular complexity index is 1160. The predicted molar refractivity (Wildman–Crippen MR) is 114 cm³/mol. The molecule has 0 aliphatic rings. The molecule has 3 aromatic rings. The van der Waals surface area contributed by atoms with Crippen LogP contribution in [-0.2, 0) is 6.18 Å². The molecule has 0 saturated carbocycles. The number of alkyl halides is 3. The highest BCUT2D eigenvalue weighted by molar-refractivity contribution is 6.31. The molecule has 33 heavy (non-hydrogen) atoms. The van der Waals surface area contributed by atoms with E-state index < -0.39 is 34.8 Å². The number of urea groups is 1. The van der Waals surface area contributed by atoms with Gasteiger partial charge in [0.25, 0.3) is 0 Å². The summed E-state index contributed by atoms with van der Waals surface area (Å²) in [6.45, 7) is 0. The second-order valence-corrected chi connectivity index (χ2v) is 7.03. The number of pyridine rings is 1. The minimum atomic E-state index is -4.70. The number of rotatable bonds is 6. The Balaban J connectivity index is 1.68. The van der Waals surface area contributed by atoms with E-state index in [1.54, 1.807) is 7.05 Å². The first-order valence-electron chi connectivity index (χ1n) is 9.30. The molecule has 0 fully saturated rings. The molecule has 4 N–H and O–H groups in total. The van der Waals surface area contributed by atoms with E-state index >= 15 is 0 Å². The summed E-state index contributed by atoms with van der Waals surface area (Å²) in [6.07, 6.45) is -4.31. The van der Waals surface area contributed by atoms with Crippen molar-refractivity contribution >= 4 is 29.0 Å². The molecule has 2 amide bonds. The normalized spacial score (nSPS) is 12.2. The minimum absolute atomic E-state index is 0.0991. The minimum Gasteiger partial charge on any atom is -0.457 e. The van der Waals surface area contributed by atoms with E-state index in [0.29, 0.717) is 11.8 Å². The number of carbonyl (C=O) groups is 1. The highest BCUT2D eigenvalue weighted by Crippen LogP contribution is 2.36. The number of aromatic nitrogens is 1. The lowest BCUT2D eigenvalue weighted by atomic mass is 10.2. The summed E-state index contributed by atoms with van der Waals surface area (Å²) >= 11 is 5.54. The van der Waals surface area contributed by atoms with Crippen molar-refractivity contribution in [3.63, 3.8) is 0 Å². The third-order valence-corrected chi connectivity index (χ3v) is 4.59. The molecule has 7 nitrogen and oxygen atoms in total. The van der Waals surface area contributed by atoms with Crippen LogP contribution in [0.4, 0.5) is 33.7 Å². The molecule has 0 saturated heterocycles. The highest BCUT2D eigenvalue weighted by atomic mass is 35.5. The summed E-state index contributed by atoms with van der Waals surface area (Å²) in [5.74, 6) is -0.461. The molecule has 2 aromatic carbocycles. The molecule has 1 unspecified atom stereocenters. The van der Waals surface area contributed by atoms with Gasteiger partial charge in [-0.05, 0) is 43.4 Å². The van der Waals surface area contributed by atoms with Crippen LogP contribution < -0.4 is 20.7 Å². The SMILES string of the molecule is CNC(O)c1cc(Oc2ccc(NC(=O)Nc3ccc(Cl)c(C(F)(F)F)c3)c(F)c2)ccn1. The van der Waals surface area contributed by atoms with Crippen molar-refractivity contribution in [2.45, 2.75) is 12.4 Å². The van der Waals surface area contributed by atoms with Gasteiger partial charge in [0.1, 0.15) is 23.5 Å². The topological polar surface area (TPSA) is 95.5 Å². The van der Waals surface area contributed by atoms with Gasteiger partial charge in [-0.1, -0.05) is 11.6 Å². The number of amides is 2. The zero-order valence-corrected chi connectivity index (χ0v) is 17.6. The van der Waals surface area contributed by atoms with Gasteiger partial charge in [-0.15, -0.1) is 0 Å². The van der Waals surface area contributed by atoms with Gasteiger partial charge in [-0.25, -0.2) is 9.18 Å². The lowest BCUT2D eigenvalue weighted by Crippen LogP contribution is -2.20. The number of carbonyl (C=O) groups excluding carboxylic acids is 1. The van der Waals surface area contributed by atoms with Crippen LogP contribution >= 0.6 is 11.6 Å². The van der Waals surface area contributed by atoms with E-state index in [9.17, 15) is 27.5 Å². The van der Waals surface area contributed by atoms with Crippen molar-refractivity contribution in [2.24, 2.45) is 0 Å². The van der Waals surface area contributed by atoms with E-state index in [0.717, 1.165) is 12.1 Å². The number of hydrogen-bond donors (Lipinski definition) is 4. The maximum Gasteiger partial charge on any atom is 0.417 e. The van der Waals surface area contributed by atoms with Crippen LogP contribution in [0.15, 0.2) is 54.7 Å². The summed E-state index contributed by atoms with van der Waals surface area (Å²) in [5.41, 5.74) is -1.23. The molecule has 0 bridgehead atoms. The Morgan fingerprint density at radius 2 is 1.82 bits per heavy atom. The molecule has 12 heteroatoms. The van der Waals surface area contributed by atoms with Gasteiger partial charge in [0.2, 0.25) is 0 Å². The molecular weight excluding hydrogens is 468 g/mol. The maximum atomic E-state index is 14.4. The van der Waals surface area contributed by atoms with Crippen LogP contribution in [-0.4, -0.2) is 23.2 Å². The number of aliphatic hydroxyl groups is 1. The lowest BCUT2D eigenvalue weighted by Gasteiger charge is -2.13. The maximum absolute atomic E-state index is 14.4. The van der Waals surface area contributed by atoms with Crippen molar-refractivity contribution in [3.8, 4) is 11.5 Å². The summed E-state index contributed by atoms with van der Waals surface area (Å²) in [7, 11) is 1.54. The van der Waals surface area contributed by atoms with Gasteiger partial charge in [0.15, 0.2) is 0 Å². The quantitative estimate of drug-likeness (QED) is 0.272. The standard InChI is InChI=1S/C21H17ClF4N4O3/c1-27-19(31)18-10-13(6-7-28-18)33-12-3-5-17(16(23)9-12)30-20(32)29-11-2-4-15(22)14(8-11)21(24,25)26/h2-10,19,27,31H,1H3,(H2,29,30,32). The van der Waals surface area contributed by atoms with Crippen LogP contribution in [0, 0.1) is 5.82 Å². The van der Waals surface area contributed by atoms with Crippen LogP contribution in [0.25, 0.3) is 0 Å². The van der Waals surface area contributed by atoms with Crippen LogP contribution in [0.5, 0.6) is 11.5 Å². The zero-order chi connectivity index (χ0) is 24.2. The number of benzene rings is 2. The number of nitrogens with zero attached hydrogens (tertiary/aromatic N) is 1. The second-order valence-electron chi connectivity index (χ2n) is 6.62. The molecule has 1 atom stereocenters. The van der Waals surface area contributed by atoms with Gasteiger partial charge in [0.05, 0.1) is 22.0 Å². The van der Waals surface area contributed by atoms with Gasteiger partial charge in [-0.3, -0.25) is 10.3 Å². The molecule has 0 spiro atoms. The van der Waals surface area contributed by atoms with Gasteiger partial charge >= 0.3 is 12.2 Å². The zero-order valence-electron chi connectivity index (χ0n) is 16.9. The summed E-state index contributed by atoms with van der Waals surface area (Å²) < 4.78 is 58.8. The number of ether oxygens (including phenoxy) is 1. The van der Waals surface area contributed by atoms with Crippen LogP contribution in [0.2, 0.25) is 5.02 Å². The van der Waals surface area contributed by atoms with Crippen molar-refractivity contribution in [2.75, 3.05) is 17.7 Å². The first-order chi connectivity index (χ1) is 15.6. The van der Waals surface area contributed by atoms with Gasteiger partial charge < -0.3 is 20.5 Å².